The summed E-state index contributed by atoms with van der Waals surface area (Å²) in [5.74, 6) is 1.94. The number of anilines is 1. The largest absolute Gasteiger partial charge is 0.497 e. The fourth-order valence-corrected chi connectivity index (χ4v) is 4.27. The molecule has 1 aromatic heterocycles. The molecule has 1 N–H and O–H groups in total. The first-order chi connectivity index (χ1) is 16.5. The normalized spacial score (nSPS) is 11.6. The number of aromatic nitrogens is 3. The van der Waals surface area contributed by atoms with Gasteiger partial charge in [-0.3, -0.25) is 9.36 Å². The number of amides is 1. The van der Waals surface area contributed by atoms with Crippen molar-refractivity contribution in [3.63, 3.8) is 0 Å². The van der Waals surface area contributed by atoms with Crippen molar-refractivity contribution in [3.05, 3.63) is 78.4 Å². The van der Waals surface area contributed by atoms with Crippen LogP contribution in [0.25, 0.3) is 17.1 Å². The van der Waals surface area contributed by atoms with Crippen LogP contribution in [0.4, 0.5) is 5.69 Å². The molecule has 8 heteroatoms. The Morgan fingerprint density at radius 3 is 2.32 bits per heavy atom. The maximum absolute atomic E-state index is 12.9. The molecule has 7 nitrogen and oxygen atoms in total. The van der Waals surface area contributed by atoms with Gasteiger partial charge in [0.05, 0.1) is 25.0 Å². The standard InChI is InChI=1S/C26H26N4O3S/c1-17-9-13-20(14-10-17)30-24(22-7-5-6-8-23(22)33-4)28-29-26(30)34-18(2)25(31)27-19-11-15-21(32-3)16-12-19/h5-16,18H,1-4H3,(H,27,31). The van der Waals surface area contributed by atoms with Gasteiger partial charge in [-0.1, -0.05) is 41.6 Å². The molecule has 0 saturated carbocycles. The summed E-state index contributed by atoms with van der Waals surface area (Å²) in [7, 11) is 3.24. The minimum Gasteiger partial charge on any atom is -0.497 e. The molecule has 0 bridgehead atoms. The number of hydrogen-bond donors (Lipinski definition) is 1. The number of methoxy groups -OCH3 is 2. The molecule has 0 aliphatic carbocycles. The van der Waals surface area contributed by atoms with Crippen LogP contribution >= 0.6 is 11.8 Å². The van der Waals surface area contributed by atoms with E-state index in [2.05, 4.69) is 15.5 Å². The zero-order valence-corrected chi connectivity index (χ0v) is 20.3. The van der Waals surface area contributed by atoms with Crippen molar-refractivity contribution in [2.75, 3.05) is 19.5 Å². The van der Waals surface area contributed by atoms with Gasteiger partial charge in [0.2, 0.25) is 5.91 Å². The van der Waals surface area contributed by atoms with Gasteiger partial charge in [-0.15, -0.1) is 10.2 Å². The van der Waals surface area contributed by atoms with Crippen LogP contribution in [-0.4, -0.2) is 40.1 Å². The third-order valence-electron chi connectivity index (χ3n) is 5.28. The molecule has 1 amide bonds. The summed E-state index contributed by atoms with van der Waals surface area (Å²) >= 11 is 1.34. The molecule has 4 rings (SSSR count). The Morgan fingerprint density at radius 1 is 0.941 bits per heavy atom. The van der Waals surface area contributed by atoms with Crippen molar-refractivity contribution < 1.29 is 14.3 Å². The van der Waals surface area contributed by atoms with Crippen LogP contribution < -0.4 is 14.8 Å². The lowest BCUT2D eigenvalue weighted by Gasteiger charge is -2.15. The molecule has 0 radical (unpaired) electrons. The fraction of sp³-hybridized carbons (Fsp3) is 0.192. The first kappa shape index (κ1) is 23.4. The molecule has 0 spiro atoms. The number of nitrogens with zero attached hydrogens (tertiary/aromatic N) is 3. The van der Waals surface area contributed by atoms with Gasteiger partial charge in [-0.25, -0.2) is 0 Å². The zero-order valence-electron chi connectivity index (χ0n) is 19.5. The number of carbonyl (C=O) groups is 1. The maximum Gasteiger partial charge on any atom is 0.237 e. The summed E-state index contributed by atoms with van der Waals surface area (Å²) in [6.45, 7) is 3.89. The molecular formula is C26H26N4O3S. The highest BCUT2D eigenvalue weighted by Crippen LogP contribution is 2.34. The van der Waals surface area contributed by atoms with Gasteiger partial charge in [0.1, 0.15) is 11.5 Å². The summed E-state index contributed by atoms with van der Waals surface area (Å²) in [5, 5.41) is 12.1. The lowest BCUT2D eigenvalue weighted by Crippen LogP contribution is -2.22. The minimum absolute atomic E-state index is 0.132. The number of para-hydroxylation sites is 1. The molecule has 0 saturated heterocycles. The molecular weight excluding hydrogens is 448 g/mol. The molecule has 0 fully saturated rings. The van der Waals surface area contributed by atoms with Crippen LogP contribution in [0.5, 0.6) is 11.5 Å². The number of nitrogens with one attached hydrogen (secondary N) is 1. The maximum atomic E-state index is 12.9. The second-order valence-corrected chi connectivity index (χ2v) is 8.96. The highest BCUT2D eigenvalue weighted by Gasteiger charge is 2.23. The van der Waals surface area contributed by atoms with Crippen molar-refractivity contribution in [2.24, 2.45) is 0 Å². The predicted octanol–water partition coefficient (Wildman–Crippen LogP) is 5.38. The summed E-state index contributed by atoms with van der Waals surface area (Å²) in [4.78, 5) is 12.9. The van der Waals surface area contributed by atoms with E-state index in [0.29, 0.717) is 22.4 Å². The smallest absolute Gasteiger partial charge is 0.237 e. The molecule has 34 heavy (non-hydrogen) atoms. The van der Waals surface area contributed by atoms with E-state index in [1.54, 1.807) is 26.4 Å². The van der Waals surface area contributed by atoms with Gasteiger partial charge in [0.15, 0.2) is 11.0 Å². The SMILES string of the molecule is COc1ccc(NC(=O)C(C)Sc2nnc(-c3ccccc3OC)n2-c2ccc(C)cc2)cc1. The molecule has 0 aliphatic rings. The summed E-state index contributed by atoms with van der Waals surface area (Å²) in [5.41, 5.74) is 3.58. The van der Waals surface area contributed by atoms with Crippen molar-refractivity contribution >= 4 is 23.4 Å². The van der Waals surface area contributed by atoms with E-state index in [0.717, 1.165) is 22.6 Å². The lowest BCUT2D eigenvalue weighted by molar-refractivity contribution is -0.115. The number of aryl methyl sites for hydroxylation is 1. The van der Waals surface area contributed by atoms with Crippen molar-refractivity contribution in [2.45, 2.75) is 24.3 Å². The second kappa shape index (κ2) is 10.4. The third kappa shape index (κ3) is 5.07. The Kier molecular flexibility index (Phi) is 7.18. The van der Waals surface area contributed by atoms with E-state index in [9.17, 15) is 4.79 Å². The zero-order chi connectivity index (χ0) is 24.1. The van der Waals surface area contributed by atoms with E-state index >= 15 is 0 Å². The Hall–Kier alpha value is -3.78. The summed E-state index contributed by atoms with van der Waals surface area (Å²) in [6.07, 6.45) is 0. The second-order valence-electron chi connectivity index (χ2n) is 7.66. The number of rotatable bonds is 8. The van der Waals surface area contributed by atoms with E-state index in [1.807, 2.05) is 79.1 Å². The minimum atomic E-state index is -0.416. The summed E-state index contributed by atoms with van der Waals surface area (Å²) in [6, 6.07) is 23.0. The first-order valence-electron chi connectivity index (χ1n) is 10.8. The molecule has 0 aliphatic heterocycles. The monoisotopic (exact) mass is 474 g/mol. The van der Waals surface area contributed by atoms with Crippen LogP contribution in [0.2, 0.25) is 0 Å². The molecule has 1 atom stereocenters. The van der Waals surface area contributed by atoms with Crippen molar-refractivity contribution in [3.8, 4) is 28.6 Å². The highest BCUT2D eigenvalue weighted by molar-refractivity contribution is 8.00. The molecule has 3 aromatic carbocycles. The number of thioether (sulfide) groups is 1. The Bertz CT molecular complexity index is 1270. The lowest BCUT2D eigenvalue weighted by atomic mass is 10.1. The Labute approximate surface area is 203 Å². The van der Waals surface area contributed by atoms with E-state index in [-0.39, 0.29) is 5.91 Å². The quantitative estimate of drug-likeness (QED) is 0.346. The van der Waals surface area contributed by atoms with Crippen LogP contribution in [0.1, 0.15) is 12.5 Å². The molecule has 1 heterocycles. The van der Waals surface area contributed by atoms with Crippen LogP contribution in [-0.2, 0) is 4.79 Å². The van der Waals surface area contributed by atoms with Gasteiger partial charge in [-0.05, 0) is 62.4 Å². The summed E-state index contributed by atoms with van der Waals surface area (Å²) < 4.78 is 12.7. The average molecular weight is 475 g/mol. The third-order valence-corrected chi connectivity index (χ3v) is 6.33. The number of hydrogen-bond acceptors (Lipinski definition) is 6. The van der Waals surface area contributed by atoms with Gasteiger partial charge < -0.3 is 14.8 Å². The number of carbonyl (C=O) groups excluding carboxylic acids is 1. The predicted molar refractivity (Wildman–Crippen MR) is 135 cm³/mol. The Balaban J connectivity index is 1.65. The molecule has 1 unspecified atom stereocenters. The topological polar surface area (TPSA) is 78.3 Å². The van der Waals surface area contributed by atoms with E-state index in [1.165, 1.54) is 11.8 Å². The van der Waals surface area contributed by atoms with Gasteiger partial charge in [0, 0.05) is 11.4 Å². The van der Waals surface area contributed by atoms with E-state index in [4.69, 9.17) is 9.47 Å². The van der Waals surface area contributed by atoms with Crippen LogP contribution in [0, 0.1) is 6.92 Å². The number of ether oxygens (including phenoxy) is 2. The fourth-order valence-electron chi connectivity index (χ4n) is 3.41. The van der Waals surface area contributed by atoms with Gasteiger partial charge >= 0.3 is 0 Å². The first-order valence-corrected chi connectivity index (χ1v) is 11.7. The number of benzene rings is 3. The van der Waals surface area contributed by atoms with Gasteiger partial charge in [-0.2, -0.15) is 0 Å². The van der Waals surface area contributed by atoms with Crippen LogP contribution in [0.3, 0.4) is 0 Å². The average Bonchev–Trinajstić information content (AvgIpc) is 3.28. The van der Waals surface area contributed by atoms with Crippen molar-refractivity contribution in [1.82, 2.24) is 14.8 Å². The van der Waals surface area contributed by atoms with Gasteiger partial charge in [0.25, 0.3) is 0 Å². The van der Waals surface area contributed by atoms with Crippen LogP contribution in [0.15, 0.2) is 78.0 Å². The van der Waals surface area contributed by atoms with Crippen molar-refractivity contribution in [1.29, 1.82) is 0 Å². The highest BCUT2D eigenvalue weighted by atomic mass is 32.2. The Morgan fingerprint density at radius 2 is 1.65 bits per heavy atom. The molecule has 174 valence electrons. The molecule has 4 aromatic rings. The van der Waals surface area contributed by atoms with E-state index < -0.39 is 5.25 Å².